The van der Waals surface area contributed by atoms with Crippen molar-refractivity contribution in [1.82, 2.24) is 15.0 Å². The maximum absolute atomic E-state index is 13.0. The molecule has 0 aliphatic carbocycles. The summed E-state index contributed by atoms with van der Waals surface area (Å²) in [6.45, 7) is 5.74. The number of nitrogens with zero attached hydrogens (tertiary/aromatic N) is 3. The lowest BCUT2D eigenvalue weighted by molar-refractivity contribution is -0.153. The molecule has 2 saturated heterocycles. The van der Waals surface area contributed by atoms with Gasteiger partial charge < -0.3 is 23.8 Å². The maximum atomic E-state index is 13.0. The van der Waals surface area contributed by atoms with Crippen LogP contribution in [0.15, 0.2) is 10.6 Å². The van der Waals surface area contributed by atoms with E-state index in [4.69, 9.17) is 14.0 Å². The number of hydrogen-bond donors (Lipinski definition) is 0. The lowest BCUT2D eigenvalue weighted by Crippen LogP contribution is -2.55. The number of aromatic nitrogens is 1. The Balaban J connectivity index is 1.76. The molecule has 2 aliphatic heterocycles. The van der Waals surface area contributed by atoms with Crippen molar-refractivity contribution in [2.75, 3.05) is 39.5 Å². The Morgan fingerprint density at radius 2 is 1.96 bits per heavy atom. The predicted octanol–water partition coefficient (Wildman–Crippen LogP) is 0.699. The number of rotatable bonds is 6. The minimum Gasteiger partial charge on any atom is -0.463 e. The Hall–Kier alpha value is -2.42. The normalized spacial score (nSPS) is 22.4. The van der Waals surface area contributed by atoms with E-state index >= 15 is 0 Å². The largest absolute Gasteiger partial charge is 0.463 e. The molecule has 2 fully saturated rings. The van der Waals surface area contributed by atoms with Gasteiger partial charge in [-0.3, -0.25) is 14.4 Å². The number of ether oxygens (including phenoxy) is 2. The second-order valence-electron chi connectivity index (χ2n) is 7.43. The quantitative estimate of drug-likeness (QED) is 0.656. The van der Waals surface area contributed by atoms with Crippen LogP contribution in [0.3, 0.4) is 0 Å². The standard InChI is InChI=1S/C19H27N3O6/c1-14-10-16(28-20-14)11-17(24)22-5-3-4-19(22,13-27-15(2)23)12-18(25)21-6-8-26-9-7-21/h10H,3-9,11-13H2,1-2H3. The highest BCUT2D eigenvalue weighted by Gasteiger charge is 2.47. The van der Waals surface area contributed by atoms with Gasteiger partial charge in [0.2, 0.25) is 11.8 Å². The molecule has 0 spiro atoms. The van der Waals surface area contributed by atoms with E-state index in [0.717, 1.165) is 6.42 Å². The SMILES string of the molecule is CC(=O)OCC1(CC(=O)N2CCOCC2)CCCN1C(=O)Cc1cc(C)no1. The molecular formula is C19H27N3O6. The van der Waals surface area contributed by atoms with Crippen LogP contribution in [-0.2, 0) is 30.3 Å². The van der Waals surface area contributed by atoms with Crippen LogP contribution in [0.1, 0.15) is 37.6 Å². The van der Waals surface area contributed by atoms with Gasteiger partial charge in [-0.25, -0.2) is 0 Å². The lowest BCUT2D eigenvalue weighted by atomic mass is 9.91. The van der Waals surface area contributed by atoms with Gasteiger partial charge in [0.25, 0.3) is 0 Å². The Kier molecular flexibility index (Phi) is 6.33. The molecule has 3 heterocycles. The van der Waals surface area contributed by atoms with Crippen molar-refractivity contribution in [3.8, 4) is 0 Å². The van der Waals surface area contributed by atoms with E-state index in [-0.39, 0.29) is 31.3 Å². The highest BCUT2D eigenvalue weighted by atomic mass is 16.5. The molecule has 0 N–H and O–H groups in total. The van der Waals surface area contributed by atoms with Crippen LogP contribution in [0, 0.1) is 6.92 Å². The fourth-order valence-corrected chi connectivity index (χ4v) is 3.90. The molecule has 28 heavy (non-hydrogen) atoms. The third-order valence-electron chi connectivity index (χ3n) is 5.29. The van der Waals surface area contributed by atoms with Gasteiger partial charge in [0.05, 0.1) is 37.3 Å². The Labute approximate surface area is 163 Å². The van der Waals surface area contributed by atoms with E-state index in [1.807, 2.05) is 0 Å². The second-order valence-corrected chi connectivity index (χ2v) is 7.43. The van der Waals surface area contributed by atoms with Gasteiger partial charge in [0.15, 0.2) is 0 Å². The Morgan fingerprint density at radius 1 is 1.21 bits per heavy atom. The zero-order valence-electron chi connectivity index (χ0n) is 16.4. The van der Waals surface area contributed by atoms with E-state index < -0.39 is 11.5 Å². The first-order valence-electron chi connectivity index (χ1n) is 9.61. The van der Waals surface area contributed by atoms with Crippen molar-refractivity contribution in [2.24, 2.45) is 0 Å². The highest BCUT2D eigenvalue weighted by molar-refractivity contribution is 5.82. The van der Waals surface area contributed by atoms with Crippen molar-refractivity contribution in [3.63, 3.8) is 0 Å². The molecular weight excluding hydrogens is 366 g/mol. The summed E-state index contributed by atoms with van der Waals surface area (Å²) in [7, 11) is 0. The number of carbonyl (C=O) groups is 3. The van der Waals surface area contributed by atoms with Crippen molar-refractivity contribution in [1.29, 1.82) is 0 Å². The molecule has 1 aromatic heterocycles. The minimum absolute atomic E-state index is 0.0135. The number of aryl methyl sites for hydroxylation is 1. The smallest absolute Gasteiger partial charge is 0.302 e. The van der Waals surface area contributed by atoms with Crippen LogP contribution < -0.4 is 0 Å². The number of amides is 2. The topological polar surface area (TPSA) is 102 Å². The molecule has 1 aromatic rings. The van der Waals surface area contributed by atoms with E-state index in [1.54, 1.807) is 22.8 Å². The summed E-state index contributed by atoms with van der Waals surface area (Å²) in [6.07, 6.45) is 1.55. The van der Waals surface area contributed by atoms with Crippen molar-refractivity contribution in [3.05, 3.63) is 17.5 Å². The summed E-state index contributed by atoms with van der Waals surface area (Å²) < 4.78 is 15.8. The van der Waals surface area contributed by atoms with Gasteiger partial charge in [-0.05, 0) is 19.8 Å². The fourth-order valence-electron chi connectivity index (χ4n) is 3.90. The van der Waals surface area contributed by atoms with Gasteiger partial charge in [-0.2, -0.15) is 0 Å². The predicted molar refractivity (Wildman–Crippen MR) is 97.3 cm³/mol. The van der Waals surface area contributed by atoms with Crippen LogP contribution in [0.5, 0.6) is 0 Å². The van der Waals surface area contributed by atoms with Crippen LogP contribution in [0.2, 0.25) is 0 Å². The molecule has 1 atom stereocenters. The van der Waals surface area contributed by atoms with Crippen LogP contribution >= 0.6 is 0 Å². The van der Waals surface area contributed by atoms with Crippen LogP contribution in [0.4, 0.5) is 0 Å². The number of esters is 1. The third-order valence-corrected chi connectivity index (χ3v) is 5.29. The lowest BCUT2D eigenvalue weighted by Gasteiger charge is -2.39. The van der Waals surface area contributed by atoms with Gasteiger partial charge in [0, 0.05) is 32.6 Å². The van der Waals surface area contributed by atoms with Crippen molar-refractivity contribution in [2.45, 2.75) is 45.1 Å². The number of likely N-dealkylation sites (tertiary alicyclic amines) is 1. The molecule has 154 valence electrons. The van der Waals surface area contributed by atoms with Gasteiger partial charge in [-0.15, -0.1) is 0 Å². The van der Waals surface area contributed by atoms with Gasteiger partial charge in [0.1, 0.15) is 12.4 Å². The molecule has 1 unspecified atom stereocenters. The van der Waals surface area contributed by atoms with E-state index in [9.17, 15) is 14.4 Å². The molecule has 2 amide bonds. The first-order valence-corrected chi connectivity index (χ1v) is 9.61. The summed E-state index contributed by atoms with van der Waals surface area (Å²) in [4.78, 5) is 40.8. The first kappa shape index (κ1) is 20.3. The van der Waals surface area contributed by atoms with Gasteiger partial charge in [-0.1, -0.05) is 5.16 Å². The molecule has 9 heteroatoms. The molecule has 0 saturated carbocycles. The molecule has 9 nitrogen and oxygen atoms in total. The molecule has 0 bridgehead atoms. The maximum Gasteiger partial charge on any atom is 0.302 e. The number of morpholine rings is 1. The molecule has 0 aromatic carbocycles. The second kappa shape index (κ2) is 8.72. The van der Waals surface area contributed by atoms with Crippen molar-refractivity contribution < 1.29 is 28.4 Å². The highest BCUT2D eigenvalue weighted by Crippen LogP contribution is 2.34. The Bertz CT molecular complexity index is 727. The average molecular weight is 393 g/mol. The molecule has 2 aliphatic rings. The third kappa shape index (κ3) is 4.70. The summed E-state index contributed by atoms with van der Waals surface area (Å²) in [5.74, 6) is -0.153. The summed E-state index contributed by atoms with van der Waals surface area (Å²) in [5.41, 5.74) is -0.120. The van der Waals surface area contributed by atoms with Crippen LogP contribution in [0.25, 0.3) is 0 Å². The van der Waals surface area contributed by atoms with Gasteiger partial charge >= 0.3 is 5.97 Å². The monoisotopic (exact) mass is 393 g/mol. The average Bonchev–Trinajstić information content (AvgIpc) is 3.27. The van der Waals surface area contributed by atoms with E-state index in [1.165, 1.54) is 6.92 Å². The summed E-state index contributed by atoms with van der Waals surface area (Å²) in [6, 6.07) is 1.72. The zero-order valence-corrected chi connectivity index (χ0v) is 16.4. The minimum atomic E-state index is -0.826. The molecule has 0 radical (unpaired) electrons. The fraction of sp³-hybridized carbons (Fsp3) is 0.684. The summed E-state index contributed by atoms with van der Waals surface area (Å²) >= 11 is 0. The number of carbonyl (C=O) groups excluding carboxylic acids is 3. The van der Waals surface area contributed by atoms with Crippen molar-refractivity contribution >= 4 is 17.8 Å². The van der Waals surface area contributed by atoms with E-state index in [2.05, 4.69) is 5.16 Å². The first-order chi connectivity index (χ1) is 13.4. The summed E-state index contributed by atoms with van der Waals surface area (Å²) in [5, 5.41) is 3.81. The van der Waals surface area contributed by atoms with Crippen LogP contribution in [-0.4, -0.2) is 77.7 Å². The zero-order chi connectivity index (χ0) is 20.1. The number of hydrogen-bond acceptors (Lipinski definition) is 7. The Morgan fingerprint density at radius 3 is 2.61 bits per heavy atom. The van der Waals surface area contributed by atoms with E-state index in [0.29, 0.717) is 50.7 Å². The molecule has 3 rings (SSSR count).